The lowest BCUT2D eigenvalue weighted by atomic mass is 10.1. The molecule has 0 amide bonds. The molecule has 1 fully saturated rings. The maximum absolute atomic E-state index is 6.13. The smallest absolute Gasteiger partial charge is 0.107 e. The van der Waals surface area contributed by atoms with Crippen LogP contribution in [0.1, 0.15) is 24.8 Å². The Hall–Kier alpha value is -0.840. The molecular formula is C13H17ClN2OS. The summed E-state index contributed by atoms with van der Waals surface area (Å²) in [6.07, 6.45) is 3.51. The molecule has 18 heavy (non-hydrogen) atoms. The number of benzene rings is 1. The molecule has 2 atom stereocenters. The van der Waals surface area contributed by atoms with Crippen molar-refractivity contribution in [2.45, 2.75) is 31.4 Å². The fourth-order valence-corrected chi connectivity index (χ4v) is 2.95. The second-order valence-corrected chi connectivity index (χ2v) is 5.39. The van der Waals surface area contributed by atoms with E-state index in [0.717, 1.165) is 30.5 Å². The predicted octanol–water partition coefficient (Wildman–Crippen LogP) is 2.95. The lowest BCUT2D eigenvalue weighted by Crippen LogP contribution is -2.21. The van der Waals surface area contributed by atoms with E-state index in [1.165, 1.54) is 0 Å². The molecule has 3 N–H and O–H groups in total. The maximum atomic E-state index is 6.13. The van der Waals surface area contributed by atoms with Gasteiger partial charge in [-0.2, -0.15) is 0 Å². The second-order valence-electron chi connectivity index (χ2n) is 4.54. The number of hydrogen-bond donors (Lipinski definition) is 2. The highest BCUT2D eigenvalue weighted by molar-refractivity contribution is 7.80. The molecule has 1 aliphatic rings. The lowest BCUT2D eigenvalue weighted by molar-refractivity contribution is 0.108. The molecule has 0 radical (unpaired) electrons. The Bertz CT molecular complexity index is 453. The molecule has 98 valence electrons. The molecule has 0 aliphatic heterocycles. The summed E-state index contributed by atoms with van der Waals surface area (Å²) in [5.74, 6) is 0. The first-order chi connectivity index (χ1) is 8.61. The van der Waals surface area contributed by atoms with Gasteiger partial charge in [0.2, 0.25) is 0 Å². The van der Waals surface area contributed by atoms with Crippen molar-refractivity contribution in [3.05, 3.63) is 28.8 Å². The van der Waals surface area contributed by atoms with E-state index < -0.39 is 0 Å². The minimum absolute atomic E-state index is 0.324. The van der Waals surface area contributed by atoms with E-state index in [-0.39, 0.29) is 0 Å². The van der Waals surface area contributed by atoms with Gasteiger partial charge in [-0.05, 0) is 31.4 Å². The zero-order valence-electron chi connectivity index (χ0n) is 10.3. The Morgan fingerprint density at radius 1 is 1.50 bits per heavy atom. The third kappa shape index (κ3) is 2.94. The zero-order chi connectivity index (χ0) is 13.1. The fraction of sp³-hybridized carbons (Fsp3) is 0.462. The molecular weight excluding hydrogens is 268 g/mol. The van der Waals surface area contributed by atoms with Crippen LogP contribution in [0.4, 0.5) is 5.69 Å². The van der Waals surface area contributed by atoms with Gasteiger partial charge in [-0.25, -0.2) is 0 Å². The van der Waals surface area contributed by atoms with Gasteiger partial charge >= 0.3 is 0 Å². The number of ether oxygens (including phenoxy) is 1. The van der Waals surface area contributed by atoms with Crippen molar-refractivity contribution in [2.75, 3.05) is 12.4 Å². The van der Waals surface area contributed by atoms with Gasteiger partial charge in [0, 0.05) is 18.8 Å². The van der Waals surface area contributed by atoms with Crippen molar-refractivity contribution in [2.24, 2.45) is 5.73 Å². The van der Waals surface area contributed by atoms with E-state index in [1.807, 2.05) is 12.1 Å². The van der Waals surface area contributed by atoms with E-state index in [9.17, 15) is 0 Å². The van der Waals surface area contributed by atoms with Gasteiger partial charge in [-0.15, -0.1) is 0 Å². The fourth-order valence-electron chi connectivity index (χ4n) is 2.40. The molecule has 1 aromatic carbocycles. The van der Waals surface area contributed by atoms with E-state index in [0.29, 0.717) is 22.2 Å². The van der Waals surface area contributed by atoms with E-state index in [2.05, 4.69) is 5.32 Å². The number of nitrogens with one attached hydrogen (secondary N) is 1. The van der Waals surface area contributed by atoms with Crippen LogP contribution in [0.2, 0.25) is 5.02 Å². The first kappa shape index (κ1) is 13.6. The summed E-state index contributed by atoms with van der Waals surface area (Å²) in [4.78, 5) is 0.324. The third-order valence-electron chi connectivity index (χ3n) is 3.34. The Kier molecular flexibility index (Phi) is 4.43. The zero-order valence-corrected chi connectivity index (χ0v) is 11.9. The monoisotopic (exact) mass is 284 g/mol. The Morgan fingerprint density at radius 3 is 2.89 bits per heavy atom. The van der Waals surface area contributed by atoms with Crippen LogP contribution in [-0.4, -0.2) is 24.2 Å². The summed E-state index contributed by atoms with van der Waals surface area (Å²) < 4.78 is 5.36. The van der Waals surface area contributed by atoms with Gasteiger partial charge in [0.15, 0.2) is 0 Å². The van der Waals surface area contributed by atoms with Gasteiger partial charge < -0.3 is 15.8 Å². The Morgan fingerprint density at radius 2 is 2.28 bits per heavy atom. The minimum atomic E-state index is 0.324. The van der Waals surface area contributed by atoms with Gasteiger partial charge in [0.1, 0.15) is 4.99 Å². The highest BCUT2D eigenvalue weighted by atomic mass is 35.5. The Balaban J connectivity index is 2.15. The molecule has 0 aromatic heterocycles. The molecule has 5 heteroatoms. The summed E-state index contributed by atoms with van der Waals surface area (Å²) in [7, 11) is 1.76. The van der Waals surface area contributed by atoms with Crippen molar-refractivity contribution >= 4 is 34.5 Å². The van der Waals surface area contributed by atoms with Gasteiger partial charge in [-0.1, -0.05) is 29.9 Å². The summed E-state index contributed by atoms with van der Waals surface area (Å²) in [6.45, 7) is 0. The van der Waals surface area contributed by atoms with Crippen LogP contribution in [0, 0.1) is 0 Å². The largest absolute Gasteiger partial charge is 0.389 e. The first-order valence-corrected chi connectivity index (χ1v) is 6.78. The van der Waals surface area contributed by atoms with Gasteiger partial charge in [-0.3, -0.25) is 0 Å². The Labute approximate surface area is 118 Å². The van der Waals surface area contributed by atoms with Crippen LogP contribution in [0.15, 0.2) is 18.2 Å². The molecule has 3 nitrogen and oxygen atoms in total. The van der Waals surface area contributed by atoms with Crippen molar-refractivity contribution in [1.82, 2.24) is 0 Å². The van der Waals surface area contributed by atoms with E-state index >= 15 is 0 Å². The average Bonchev–Trinajstić information content (AvgIpc) is 2.76. The average molecular weight is 285 g/mol. The van der Waals surface area contributed by atoms with Gasteiger partial charge in [0.05, 0.1) is 16.7 Å². The van der Waals surface area contributed by atoms with Crippen LogP contribution >= 0.6 is 23.8 Å². The number of rotatable bonds is 4. The number of nitrogens with two attached hydrogens (primary N) is 1. The van der Waals surface area contributed by atoms with Crippen molar-refractivity contribution in [3.63, 3.8) is 0 Å². The SMILES string of the molecule is COC1CCC(Nc2cccc(Cl)c2C(N)=S)C1. The van der Waals surface area contributed by atoms with Crippen LogP contribution in [0.25, 0.3) is 0 Å². The summed E-state index contributed by atoms with van der Waals surface area (Å²) in [5, 5.41) is 4.06. The second kappa shape index (κ2) is 5.87. The maximum Gasteiger partial charge on any atom is 0.107 e. The predicted molar refractivity (Wildman–Crippen MR) is 79.4 cm³/mol. The molecule has 2 rings (SSSR count). The topological polar surface area (TPSA) is 47.3 Å². The normalized spacial score (nSPS) is 23.0. The highest BCUT2D eigenvalue weighted by Gasteiger charge is 2.25. The van der Waals surface area contributed by atoms with E-state index in [1.54, 1.807) is 13.2 Å². The highest BCUT2D eigenvalue weighted by Crippen LogP contribution is 2.29. The molecule has 0 heterocycles. The molecule has 0 spiro atoms. The molecule has 1 aromatic rings. The number of thiocarbonyl (C=S) groups is 1. The third-order valence-corrected chi connectivity index (χ3v) is 3.86. The molecule has 1 saturated carbocycles. The number of hydrogen-bond acceptors (Lipinski definition) is 3. The quantitative estimate of drug-likeness (QED) is 0.835. The van der Waals surface area contributed by atoms with Crippen LogP contribution in [-0.2, 0) is 4.74 Å². The van der Waals surface area contributed by atoms with Crippen molar-refractivity contribution in [3.8, 4) is 0 Å². The molecule has 0 saturated heterocycles. The standard InChI is InChI=1S/C13H17ClN2OS/c1-17-9-6-5-8(7-9)16-11-4-2-3-10(14)12(11)13(15)18/h2-4,8-9,16H,5-7H2,1H3,(H2,15,18). The van der Waals surface area contributed by atoms with Crippen molar-refractivity contribution in [1.29, 1.82) is 0 Å². The van der Waals surface area contributed by atoms with Crippen LogP contribution in [0.3, 0.4) is 0 Å². The lowest BCUT2D eigenvalue weighted by Gasteiger charge is -2.18. The summed E-state index contributed by atoms with van der Waals surface area (Å²) >= 11 is 11.2. The number of halogens is 1. The molecule has 1 aliphatic carbocycles. The molecule has 2 unspecified atom stereocenters. The minimum Gasteiger partial charge on any atom is -0.389 e. The van der Waals surface area contributed by atoms with Crippen LogP contribution in [0.5, 0.6) is 0 Å². The van der Waals surface area contributed by atoms with Gasteiger partial charge in [0.25, 0.3) is 0 Å². The summed E-state index contributed by atoms with van der Waals surface area (Å²) in [6, 6.07) is 6.05. The van der Waals surface area contributed by atoms with Crippen LogP contribution < -0.4 is 11.1 Å². The summed E-state index contributed by atoms with van der Waals surface area (Å²) in [5.41, 5.74) is 7.37. The number of anilines is 1. The van der Waals surface area contributed by atoms with Crippen molar-refractivity contribution < 1.29 is 4.74 Å². The number of methoxy groups -OCH3 is 1. The first-order valence-electron chi connectivity index (χ1n) is 5.99. The van der Waals surface area contributed by atoms with E-state index in [4.69, 9.17) is 34.3 Å². The molecule has 0 bridgehead atoms.